The van der Waals surface area contributed by atoms with Crippen LogP contribution in [-0.2, 0) is 6.42 Å². The fourth-order valence-electron chi connectivity index (χ4n) is 2.90. The fraction of sp³-hybridized carbons (Fsp3) is 0.455. The molecule has 1 aromatic carbocycles. The molecule has 0 saturated carbocycles. The summed E-state index contributed by atoms with van der Waals surface area (Å²) in [5, 5.41) is 3.45. The molecule has 0 aliphatic carbocycles. The van der Waals surface area contributed by atoms with Crippen LogP contribution in [0.25, 0.3) is 5.57 Å². The molecule has 0 atom stereocenters. The summed E-state index contributed by atoms with van der Waals surface area (Å²) in [4.78, 5) is 0. The van der Waals surface area contributed by atoms with Gasteiger partial charge in [-0.25, -0.2) is 0 Å². The van der Waals surface area contributed by atoms with Crippen LogP contribution in [0.1, 0.15) is 51.7 Å². The van der Waals surface area contributed by atoms with Gasteiger partial charge in [-0.1, -0.05) is 68.5 Å². The van der Waals surface area contributed by atoms with Gasteiger partial charge in [0.1, 0.15) is 0 Å². The van der Waals surface area contributed by atoms with Crippen molar-refractivity contribution in [3.05, 3.63) is 65.8 Å². The topological polar surface area (TPSA) is 12.0 Å². The maximum absolute atomic E-state index is 4.00. The van der Waals surface area contributed by atoms with Gasteiger partial charge in [0.05, 0.1) is 0 Å². The molecule has 1 saturated heterocycles. The molecule has 0 unspecified atom stereocenters. The SMILES string of the molecule is C=C/C(=C\C=C(C)C)c1ccccc1CC1CCNCC1.CC. The first-order valence-electron chi connectivity index (χ1n) is 8.97. The summed E-state index contributed by atoms with van der Waals surface area (Å²) >= 11 is 0. The monoisotopic (exact) mass is 311 g/mol. The summed E-state index contributed by atoms with van der Waals surface area (Å²) in [6.07, 6.45) is 10.1. The minimum atomic E-state index is 0.807. The summed E-state index contributed by atoms with van der Waals surface area (Å²) in [6, 6.07) is 8.78. The molecule has 1 aromatic rings. The van der Waals surface area contributed by atoms with E-state index >= 15 is 0 Å². The number of allylic oxidation sites excluding steroid dienone is 5. The quantitative estimate of drug-likeness (QED) is 0.679. The van der Waals surface area contributed by atoms with Gasteiger partial charge < -0.3 is 5.32 Å². The summed E-state index contributed by atoms with van der Waals surface area (Å²) in [5.74, 6) is 0.807. The van der Waals surface area contributed by atoms with Crippen molar-refractivity contribution in [3.63, 3.8) is 0 Å². The van der Waals surface area contributed by atoms with Crippen molar-refractivity contribution in [2.24, 2.45) is 5.92 Å². The van der Waals surface area contributed by atoms with Crippen LogP contribution < -0.4 is 5.32 Å². The Morgan fingerprint density at radius 2 is 1.78 bits per heavy atom. The van der Waals surface area contributed by atoms with Crippen molar-refractivity contribution in [2.45, 2.75) is 47.0 Å². The molecule has 126 valence electrons. The van der Waals surface area contributed by atoms with Crippen LogP contribution in [0.3, 0.4) is 0 Å². The zero-order valence-electron chi connectivity index (χ0n) is 15.4. The van der Waals surface area contributed by atoms with E-state index in [1.54, 1.807) is 0 Å². The molecule has 1 heteroatoms. The third kappa shape index (κ3) is 6.58. The van der Waals surface area contributed by atoms with E-state index in [-0.39, 0.29) is 0 Å². The number of hydrogen-bond acceptors (Lipinski definition) is 1. The lowest BCUT2D eigenvalue weighted by Crippen LogP contribution is -2.28. The van der Waals surface area contributed by atoms with Gasteiger partial charge in [0.15, 0.2) is 0 Å². The zero-order chi connectivity index (χ0) is 17.1. The van der Waals surface area contributed by atoms with Crippen LogP contribution in [-0.4, -0.2) is 13.1 Å². The molecular formula is C22H33N. The van der Waals surface area contributed by atoms with E-state index < -0.39 is 0 Å². The highest BCUT2D eigenvalue weighted by Gasteiger charge is 2.15. The van der Waals surface area contributed by atoms with E-state index in [4.69, 9.17) is 0 Å². The van der Waals surface area contributed by atoms with Crippen molar-refractivity contribution in [2.75, 3.05) is 13.1 Å². The second-order valence-corrected chi connectivity index (χ2v) is 6.12. The first-order valence-corrected chi connectivity index (χ1v) is 8.97. The van der Waals surface area contributed by atoms with Crippen LogP contribution in [0.15, 0.2) is 54.6 Å². The summed E-state index contributed by atoms with van der Waals surface area (Å²) < 4.78 is 0. The molecule has 0 bridgehead atoms. The normalized spacial score (nSPS) is 15.4. The summed E-state index contributed by atoms with van der Waals surface area (Å²) in [5.41, 5.74) is 5.33. The first-order chi connectivity index (χ1) is 11.2. The molecule has 23 heavy (non-hydrogen) atoms. The Balaban J connectivity index is 0.00000127. The van der Waals surface area contributed by atoms with Gasteiger partial charge in [-0.2, -0.15) is 0 Å². The Bertz CT molecular complexity index is 527. The number of piperidine rings is 1. The van der Waals surface area contributed by atoms with Gasteiger partial charge in [0.25, 0.3) is 0 Å². The minimum Gasteiger partial charge on any atom is -0.317 e. The molecule has 1 aliphatic rings. The molecule has 1 nitrogen and oxygen atoms in total. The van der Waals surface area contributed by atoms with Gasteiger partial charge in [-0.15, -0.1) is 0 Å². The van der Waals surface area contributed by atoms with Gasteiger partial charge in [-0.05, 0) is 68.8 Å². The molecular weight excluding hydrogens is 278 g/mol. The fourth-order valence-corrected chi connectivity index (χ4v) is 2.90. The predicted molar refractivity (Wildman–Crippen MR) is 105 cm³/mol. The predicted octanol–water partition coefficient (Wildman–Crippen LogP) is 5.79. The van der Waals surface area contributed by atoms with Crippen LogP contribution in [0.5, 0.6) is 0 Å². The Kier molecular flexibility index (Phi) is 9.31. The molecule has 1 N–H and O–H groups in total. The molecule has 0 radical (unpaired) electrons. The Morgan fingerprint density at radius 3 is 2.39 bits per heavy atom. The smallest absolute Gasteiger partial charge is 0.00462 e. The van der Waals surface area contributed by atoms with E-state index in [2.05, 4.69) is 62.2 Å². The van der Waals surface area contributed by atoms with E-state index in [0.29, 0.717) is 0 Å². The average molecular weight is 312 g/mol. The third-order valence-corrected chi connectivity index (χ3v) is 4.11. The molecule has 0 aromatic heterocycles. The van der Waals surface area contributed by atoms with Crippen molar-refractivity contribution in [3.8, 4) is 0 Å². The second-order valence-electron chi connectivity index (χ2n) is 6.12. The molecule has 1 fully saturated rings. The Hall–Kier alpha value is -1.60. The highest BCUT2D eigenvalue weighted by atomic mass is 14.9. The second kappa shape index (κ2) is 11.0. The molecule has 1 aliphatic heterocycles. The lowest BCUT2D eigenvalue weighted by Gasteiger charge is -2.23. The van der Waals surface area contributed by atoms with Crippen molar-refractivity contribution >= 4 is 5.57 Å². The summed E-state index contributed by atoms with van der Waals surface area (Å²) in [7, 11) is 0. The van der Waals surface area contributed by atoms with E-state index in [1.807, 2.05) is 19.9 Å². The number of nitrogens with one attached hydrogen (secondary N) is 1. The van der Waals surface area contributed by atoms with Crippen LogP contribution in [0.4, 0.5) is 0 Å². The van der Waals surface area contributed by atoms with Gasteiger partial charge in [0, 0.05) is 0 Å². The van der Waals surface area contributed by atoms with Gasteiger partial charge >= 0.3 is 0 Å². The minimum absolute atomic E-state index is 0.807. The van der Waals surface area contributed by atoms with Crippen LogP contribution in [0, 0.1) is 5.92 Å². The highest BCUT2D eigenvalue weighted by molar-refractivity contribution is 5.76. The molecule has 0 amide bonds. The largest absolute Gasteiger partial charge is 0.317 e. The van der Waals surface area contributed by atoms with Gasteiger partial charge in [-0.3, -0.25) is 0 Å². The maximum Gasteiger partial charge on any atom is -0.00462 e. The van der Waals surface area contributed by atoms with Crippen molar-refractivity contribution in [1.82, 2.24) is 5.32 Å². The lowest BCUT2D eigenvalue weighted by atomic mass is 9.87. The Morgan fingerprint density at radius 1 is 1.13 bits per heavy atom. The van der Waals surface area contributed by atoms with Crippen molar-refractivity contribution in [1.29, 1.82) is 0 Å². The van der Waals surface area contributed by atoms with Crippen LogP contribution >= 0.6 is 0 Å². The Labute approximate surface area is 143 Å². The van der Waals surface area contributed by atoms with E-state index in [0.717, 1.165) is 19.0 Å². The van der Waals surface area contributed by atoms with Crippen molar-refractivity contribution < 1.29 is 0 Å². The third-order valence-electron chi connectivity index (χ3n) is 4.11. The molecule has 0 spiro atoms. The van der Waals surface area contributed by atoms with E-state index in [9.17, 15) is 0 Å². The highest BCUT2D eigenvalue weighted by Crippen LogP contribution is 2.26. The van der Waals surface area contributed by atoms with Crippen LogP contribution in [0.2, 0.25) is 0 Å². The standard InChI is InChI=1S/C20H27N.C2H6/c1-4-18(10-9-16(2)3)20-8-6-5-7-19(20)15-17-11-13-21-14-12-17;1-2/h4-10,17,21H,1,11-15H2,2-3H3;1-2H3/b18-10+;. The van der Waals surface area contributed by atoms with Gasteiger partial charge in [0.2, 0.25) is 0 Å². The molecule has 2 rings (SSSR count). The number of hydrogen-bond donors (Lipinski definition) is 1. The average Bonchev–Trinajstić information content (AvgIpc) is 2.59. The summed E-state index contributed by atoms with van der Waals surface area (Å²) in [6.45, 7) is 14.6. The molecule has 1 heterocycles. The number of rotatable bonds is 5. The first kappa shape index (κ1) is 19.4. The zero-order valence-corrected chi connectivity index (χ0v) is 15.4. The van der Waals surface area contributed by atoms with E-state index in [1.165, 1.54) is 41.5 Å². The number of benzene rings is 1. The lowest BCUT2D eigenvalue weighted by molar-refractivity contribution is 0.372. The maximum atomic E-state index is 4.00.